The zero-order valence-corrected chi connectivity index (χ0v) is 21.3. The first-order valence-electron chi connectivity index (χ1n) is 11.5. The van der Waals surface area contributed by atoms with E-state index < -0.39 is 27.8 Å². The Morgan fingerprint density at radius 3 is 2.11 bits per heavy atom. The van der Waals surface area contributed by atoms with Gasteiger partial charge in [-0.2, -0.15) is 0 Å². The van der Waals surface area contributed by atoms with E-state index in [0.717, 1.165) is 11.8 Å². The van der Waals surface area contributed by atoms with Gasteiger partial charge in [-0.3, -0.25) is 24.2 Å². The van der Waals surface area contributed by atoms with E-state index in [-0.39, 0.29) is 35.2 Å². The smallest absolute Gasteiger partial charge is 0.302 e. The third-order valence-electron chi connectivity index (χ3n) is 5.15. The van der Waals surface area contributed by atoms with E-state index in [2.05, 4.69) is 15.6 Å². The summed E-state index contributed by atoms with van der Waals surface area (Å²) >= 11 is 0. The summed E-state index contributed by atoms with van der Waals surface area (Å²) in [6.45, 7) is 1.70. The van der Waals surface area contributed by atoms with Crippen LogP contribution in [0.4, 0.5) is 0 Å². The minimum absolute atomic E-state index is 0.00257. The van der Waals surface area contributed by atoms with Gasteiger partial charge >= 0.3 is 5.97 Å². The van der Waals surface area contributed by atoms with Gasteiger partial charge in [0.15, 0.2) is 0 Å². The summed E-state index contributed by atoms with van der Waals surface area (Å²) in [5.74, 6) is -2.12. The van der Waals surface area contributed by atoms with E-state index in [9.17, 15) is 27.6 Å². The van der Waals surface area contributed by atoms with Crippen molar-refractivity contribution in [3.8, 4) is 0 Å². The van der Waals surface area contributed by atoms with Crippen molar-refractivity contribution in [2.75, 3.05) is 19.7 Å². The molecule has 11 nitrogen and oxygen atoms in total. The Morgan fingerprint density at radius 2 is 1.47 bits per heavy atom. The van der Waals surface area contributed by atoms with Gasteiger partial charge in [-0.05, 0) is 48.4 Å². The van der Waals surface area contributed by atoms with Crippen LogP contribution in [-0.2, 0) is 26.0 Å². The number of pyridine rings is 1. The molecule has 0 saturated carbocycles. The average Bonchev–Trinajstić information content (AvgIpc) is 2.91. The van der Waals surface area contributed by atoms with E-state index in [1.807, 2.05) is 10.8 Å². The molecule has 0 spiro atoms. The highest BCUT2D eigenvalue weighted by Crippen LogP contribution is 2.12. The highest BCUT2D eigenvalue weighted by molar-refractivity contribution is 7.90. The summed E-state index contributed by atoms with van der Waals surface area (Å²) in [7, 11) is -4.16. The molecule has 2 aromatic carbocycles. The monoisotopic (exact) mass is 538 g/mol. The van der Waals surface area contributed by atoms with E-state index >= 15 is 0 Å². The number of aromatic nitrogens is 1. The Labute approximate surface area is 219 Å². The normalized spacial score (nSPS) is 10.8. The van der Waals surface area contributed by atoms with Crippen molar-refractivity contribution in [2.24, 2.45) is 0 Å². The van der Waals surface area contributed by atoms with Crippen LogP contribution in [0.2, 0.25) is 0 Å². The number of nitrogens with zero attached hydrogens (tertiary/aromatic N) is 1. The molecule has 0 radical (unpaired) electrons. The lowest BCUT2D eigenvalue weighted by molar-refractivity contribution is -0.140. The van der Waals surface area contributed by atoms with Gasteiger partial charge in [-0.1, -0.05) is 30.3 Å². The maximum absolute atomic E-state index is 12.6. The van der Waals surface area contributed by atoms with E-state index in [4.69, 9.17) is 4.74 Å². The summed E-state index contributed by atoms with van der Waals surface area (Å²) < 4.78 is 32.0. The van der Waals surface area contributed by atoms with Crippen molar-refractivity contribution in [2.45, 2.75) is 18.2 Å². The Bertz CT molecular complexity index is 1390. The lowest BCUT2D eigenvalue weighted by Gasteiger charge is -2.09. The number of rotatable bonds is 11. The van der Waals surface area contributed by atoms with Crippen LogP contribution in [-0.4, -0.2) is 56.8 Å². The number of carbonyl (C=O) groups is 4. The molecule has 0 fully saturated rings. The standard InChI is InChI=1S/C26H26N4O7S/c1-18(31)37-16-15-28-26(34)23-12-9-21(17-29-23)25(33)30-38(35,36)22-10-7-19(8-11-22)13-14-27-24(32)20-5-3-2-4-6-20/h2-12,17H,13-16H2,1H3,(H,27,32)(H,28,34)(H,30,33). The van der Waals surface area contributed by atoms with Crippen molar-refractivity contribution < 1.29 is 32.3 Å². The van der Waals surface area contributed by atoms with Crippen LogP contribution in [0.3, 0.4) is 0 Å². The molecule has 0 atom stereocenters. The molecule has 0 aliphatic carbocycles. The fraction of sp³-hybridized carbons (Fsp3) is 0.192. The zero-order chi connectivity index (χ0) is 27.5. The summed E-state index contributed by atoms with van der Waals surface area (Å²) in [5, 5.41) is 5.30. The highest BCUT2D eigenvalue weighted by atomic mass is 32.2. The molecule has 38 heavy (non-hydrogen) atoms. The number of nitrogens with one attached hydrogen (secondary N) is 3. The Balaban J connectivity index is 1.51. The number of ether oxygens (including phenoxy) is 1. The predicted molar refractivity (Wildman–Crippen MR) is 137 cm³/mol. The summed E-state index contributed by atoms with van der Waals surface area (Å²) in [4.78, 5) is 51.1. The predicted octanol–water partition coefficient (Wildman–Crippen LogP) is 1.47. The van der Waals surface area contributed by atoms with Crippen molar-refractivity contribution in [3.63, 3.8) is 0 Å². The minimum atomic E-state index is -4.16. The molecule has 198 valence electrons. The molecule has 3 rings (SSSR count). The van der Waals surface area contributed by atoms with Crippen LogP contribution in [0.1, 0.15) is 43.7 Å². The van der Waals surface area contributed by atoms with Gasteiger partial charge in [0.1, 0.15) is 12.3 Å². The van der Waals surface area contributed by atoms with Crippen molar-refractivity contribution in [1.29, 1.82) is 0 Å². The second kappa shape index (κ2) is 13.1. The van der Waals surface area contributed by atoms with Crippen LogP contribution in [0, 0.1) is 0 Å². The molecule has 0 aliphatic rings. The third-order valence-corrected chi connectivity index (χ3v) is 6.49. The molecule has 0 bridgehead atoms. The lowest BCUT2D eigenvalue weighted by Crippen LogP contribution is -2.31. The molecule has 12 heteroatoms. The molecule has 1 heterocycles. The molecule has 3 aromatic rings. The van der Waals surface area contributed by atoms with Crippen LogP contribution in [0.5, 0.6) is 0 Å². The minimum Gasteiger partial charge on any atom is -0.464 e. The fourth-order valence-electron chi connectivity index (χ4n) is 3.20. The van der Waals surface area contributed by atoms with Crippen LogP contribution in [0.15, 0.2) is 77.8 Å². The van der Waals surface area contributed by atoms with E-state index in [1.54, 1.807) is 36.4 Å². The lowest BCUT2D eigenvalue weighted by atomic mass is 10.1. The van der Waals surface area contributed by atoms with Crippen LogP contribution < -0.4 is 15.4 Å². The molecule has 0 aliphatic heterocycles. The molecule has 3 N–H and O–H groups in total. The molecule has 0 unspecified atom stereocenters. The molecule has 1 aromatic heterocycles. The molecule has 3 amide bonds. The van der Waals surface area contributed by atoms with Gasteiger partial charge in [0, 0.05) is 25.2 Å². The van der Waals surface area contributed by atoms with Gasteiger partial charge in [0.05, 0.1) is 17.0 Å². The topological polar surface area (TPSA) is 161 Å². The van der Waals surface area contributed by atoms with Gasteiger partial charge in [0.25, 0.3) is 27.7 Å². The quantitative estimate of drug-likeness (QED) is 0.244. The van der Waals surface area contributed by atoms with Crippen LogP contribution >= 0.6 is 0 Å². The molecule has 0 saturated heterocycles. The van der Waals surface area contributed by atoms with Gasteiger partial charge in [-0.15, -0.1) is 0 Å². The number of esters is 1. The Morgan fingerprint density at radius 1 is 0.789 bits per heavy atom. The van der Waals surface area contributed by atoms with E-state index in [0.29, 0.717) is 18.5 Å². The Kier molecular flexibility index (Phi) is 9.66. The number of amides is 3. The Hall–Kier alpha value is -4.58. The number of hydrogen-bond acceptors (Lipinski definition) is 8. The number of benzene rings is 2. The molecular weight excluding hydrogens is 512 g/mol. The molecular formula is C26H26N4O7S. The van der Waals surface area contributed by atoms with Gasteiger partial charge < -0.3 is 15.4 Å². The average molecular weight is 539 g/mol. The number of hydrogen-bond donors (Lipinski definition) is 3. The summed E-state index contributed by atoms with van der Waals surface area (Å²) in [6, 6.07) is 17.3. The maximum Gasteiger partial charge on any atom is 0.302 e. The van der Waals surface area contributed by atoms with Crippen LogP contribution in [0.25, 0.3) is 0 Å². The number of sulfonamides is 1. The highest BCUT2D eigenvalue weighted by Gasteiger charge is 2.19. The first-order valence-corrected chi connectivity index (χ1v) is 13.0. The SMILES string of the molecule is CC(=O)OCCNC(=O)c1ccc(C(=O)NS(=O)(=O)c2ccc(CCNC(=O)c3ccccc3)cc2)cn1. The van der Waals surface area contributed by atoms with Crippen molar-refractivity contribution in [1.82, 2.24) is 20.3 Å². The zero-order valence-electron chi connectivity index (χ0n) is 20.5. The summed E-state index contributed by atoms with van der Waals surface area (Å²) in [6.07, 6.45) is 1.57. The second-order valence-corrected chi connectivity index (χ2v) is 9.66. The first-order chi connectivity index (χ1) is 18.2. The van der Waals surface area contributed by atoms with Gasteiger partial charge in [0.2, 0.25) is 0 Å². The number of carbonyl (C=O) groups excluding carboxylic acids is 4. The largest absolute Gasteiger partial charge is 0.464 e. The van der Waals surface area contributed by atoms with Gasteiger partial charge in [-0.25, -0.2) is 13.1 Å². The third kappa shape index (κ3) is 8.23. The maximum atomic E-state index is 12.6. The van der Waals surface area contributed by atoms with Crippen molar-refractivity contribution in [3.05, 3.63) is 95.3 Å². The fourth-order valence-corrected chi connectivity index (χ4v) is 4.17. The summed E-state index contributed by atoms with van der Waals surface area (Å²) in [5.41, 5.74) is 1.29. The first kappa shape index (κ1) is 28.0. The second-order valence-electron chi connectivity index (χ2n) is 7.98. The van der Waals surface area contributed by atoms with Crippen molar-refractivity contribution >= 4 is 33.7 Å². The van der Waals surface area contributed by atoms with E-state index in [1.165, 1.54) is 31.2 Å².